The van der Waals surface area contributed by atoms with Crippen molar-refractivity contribution in [2.24, 2.45) is 0 Å². The average Bonchev–Trinajstić information content (AvgIpc) is 3.16. The Balaban J connectivity index is 1.58. The number of hydrogen-bond acceptors (Lipinski definition) is 4. The first-order chi connectivity index (χ1) is 11.8. The highest BCUT2D eigenvalue weighted by molar-refractivity contribution is 7.10. The summed E-state index contributed by atoms with van der Waals surface area (Å²) in [5.74, 6) is -0.0614. The van der Waals surface area contributed by atoms with E-state index in [-0.39, 0.29) is 11.9 Å². The van der Waals surface area contributed by atoms with Crippen molar-refractivity contribution in [2.45, 2.75) is 6.04 Å². The summed E-state index contributed by atoms with van der Waals surface area (Å²) in [5.41, 5.74) is 1.02. The highest BCUT2D eigenvalue weighted by Gasteiger charge is 2.23. The lowest BCUT2D eigenvalue weighted by Crippen LogP contribution is -2.43. The molecule has 1 aromatic carbocycles. The van der Waals surface area contributed by atoms with Gasteiger partial charge in [0.1, 0.15) is 0 Å². The molecular weight excluding hydrogens is 320 g/mol. The number of carbonyl (C=O) groups excluding carboxylic acids is 1. The molecule has 1 unspecified atom stereocenters. The zero-order valence-electron chi connectivity index (χ0n) is 13.6. The number of amides is 1. The second kappa shape index (κ2) is 8.78. The number of benzene rings is 1. The van der Waals surface area contributed by atoms with Crippen LogP contribution in [0.5, 0.6) is 0 Å². The first-order valence-electron chi connectivity index (χ1n) is 8.19. The molecule has 1 atom stereocenters. The summed E-state index contributed by atoms with van der Waals surface area (Å²) in [5, 5.41) is 5.12. The van der Waals surface area contributed by atoms with Gasteiger partial charge in [-0.25, -0.2) is 0 Å². The zero-order valence-corrected chi connectivity index (χ0v) is 14.4. The molecule has 1 aliphatic rings. The van der Waals surface area contributed by atoms with E-state index in [1.807, 2.05) is 36.4 Å². The standard InChI is InChI=1S/C19H22N2O2S/c22-19(9-8-16-5-2-1-3-6-16)20-15-17(18-7-4-14-24-18)21-10-12-23-13-11-21/h1-9,14,17H,10-13,15H2,(H,20,22). The SMILES string of the molecule is O=C(C=Cc1ccccc1)NCC(c1cccs1)N1CCOCC1. The van der Waals surface area contributed by atoms with Crippen LogP contribution in [-0.4, -0.2) is 43.7 Å². The average molecular weight is 342 g/mol. The Morgan fingerprint density at radius 3 is 2.71 bits per heavy atom. The van der Waals surface area contributed by atoms with Crippen LogP contribution in [0.3, 0.4) is 0 Å². The molecule has 1 saturated heterocycles. The van der Waals surface area contributed by atoms with Crippen LogP contribution in [0.2, 0.25) is 0 Å². The van der Waals surface area contributed by atoms with Gasteiger partial charge in [-0.3, -0.25) is 9.69 Å². The largest absolute Gasteiger partial charge is 0.379 e. The van der Waals surface area contributed by atoms with Gasteiger partial charge in [-0.05, 0) is 23.1 Å². The van der Waals surface area contributed by atoms with Gasteiger partial charge < -0.3 is 10.1 Å². The topological polar surface area (TPSA) is 41.6 Å². The number of ether oxygens (including phenoxy) is 1. The number of morpholine rings is 1. The quantitative estimate of drug-likeness (QED) is 0.821. The van der Waals surface area contributed by atoms with Crippen molar-refractivity contribution in [2.75, 3.05) is 32.8 Å². The molecule has 24 heavy (non-hydrogen) atoms. The molecule has 0 radical (unpaired) electrons. The smallest absolute Gasteiger partial charge is 0.244 e. The number of thiophene rings is 1. The summed E-state index contributed by atoms with van der Waals surface area (Å²) in [6.07, 6.45) is 3.43. The van der Waals surface area contributed by atoms with Crippen LogP contribution in [0.1, 0.15) is 16.5 Å². The van der Waals surface area contributed by atoms with Gasteiger partial charge >= 0.3 is 0 Å². The molecule has 1 aromatic heterocycles. The highest BCUT2D eigenvalue weighted by atomic mass is 32.1. The van der Waals surface area contributed by atoms with Gasteiger partial charge in [0, 0.05) is 30.6 Å². The van der Waals surface area contributed by atoms with E-state index in [9.17, 15) is 4.79 Å². The third-order valence-electron chi connectivity index (χ3n) is 4.05. The van der Waals surface area contributed by atoms with Gasteiger partial charge in [0.25, 0.3) is 0 Å². The molecule has 1 fully saturated rings. The molecule has 4 nitrogen and oxygen atoms in total. The molecule has 2 heterocycles. The molecule has 0 saturated carbocycles. The minimum Gasteiger partial charge on any atom is -0.379 e. The fraction of sp³-hybridized carbons (Fsp3) is 0.316. The third-order valence-corrected chi connectivity index (χ3v) is 5.03. The van der Waals surface area contributed by atoms with Crippen molar-refractivity contribution in [3.8, 4) is 0 Å². The van der Waals surface area contributed by atoms with Crippen LogP contribution in [0, 0.1) is 0 Å². The summed E-state index contributed by atoms with van der Waals surface area (Å²) in [7, 11) is 0. The van der Waals surface area contributed by atoms with Crippen LogP contribution < -0.4 is 5.32 Å². The van der Waals surface area contributed by atoms with Crippen LogP contribution in [0.25, 0.3) is 6.08 Å². The van der Waals surface area contributed by atoms with Crippen molar-refractivity contribution in [3.63, 3.8) is 0 Å². The second-order valence-electron chi connectivity index (χ2n) is 5.67. The lowest BCUT2D eigenvalue weighted by molar-refractivity contribution is -0.116. The minimum atomic E-state index is -0.0614. The third kappa shape index (κ3) is 4.77. The fourth-order valence-electron chi connectivity index (χ4n) is 2.77. The van der Waals surface area contributed by atoms with E-state index in [2.05, 4.69) is 27.7 Å². The summed E-state index contributed by atoms with van der Waals surface area (Å²) >= 11 is 1.73. The molecule has 1 aliphatic heterocycles. The Morgan fingerprint density at radius 1 is 1.21 bits per heavy atom. The van der Waals surface area contributed by atoms with E-state index in [4.69, 9.17) is 4.74 Å². The Labute approximate surface area is 146 Å². The Bertz CT molecular complexity index is 649. The fourth-order valence-corrected chi connectivity index (χ4v) is 3.63. The molecule has 0 aliphatic carbocycles. The van der Waals surface area contributed by atoms with Gasteiger partial charge in [-0.1, -0.05) is 36.4 Å². The second-order valence-corrected chi connectivity index (χ2v) is 6.65. The van der Waals surface area contributed by atoms with E-state index in [1.165, 1.54) is 4.88 Å². The Morgan fingerprint density at radius 2 is 2.00 bits per heavy atom. The van der Waals surface area contributed by atoms with Crippen LogP contribution in [-0.2, 0) is 9.53 Å². The van der Waals surface area contributed by atoms with E-state index < -0.39 is 0 Å². The van der Waals surface area contributed by atoms with Crippen LogP contribution in [0.15, 0.2) is 53.9 Å². The highest BCUT2D eigenvalue weighted by Crippen LogP contribution is 2.25. The van der Waals surface area contributed by atoms with Crippen molar-refractivity contribution in [3.05, 3.63) is 64.4 Å². The molecule has 126 valence electrons. The molecule has 1 N–H and O–H groups in total. The van der Waals surface area contributed by atoms with Crippen molar-refractivity contribution >= 4 is 23.3 Å². The van der Waals surface area contributed by atoms with Crippen molar-refractivity contribution in [1.29, 1.82) is 0 Å². The van der Waals surface area contributed by atoms with E-state index in [1.54, 1.807) is 17.4 Å². The molecule has 3 rings (SSSR count). The molecule has 0 spiro atoms. The zero-order chi connectivity index (χ0) is 16.6. The summed E-state index contributed by atoms with van der Waals surface area (Å²) in [6, 6.07) is 14.2. The first kappa shape index (κ1) is 16.9. The number of carbonyl (C=O) groups is 1. The number of hydrogen-bond donors (Lipinski definition) is 1. The Hall–Kier alpha value is -1.95. The molecule has 5 heteroatoms. The predicted octanol–water partition coefficient (Wildman–Crippen LogP) is 2.95. The number of nitrogens with one attached hydrogen (secondary N) is 1. The summed E-state index contributed by atoms with van der Waals surface area (Å²) in [6.45, 7) is 3.92. The van der Waals surface area contributed by atoms with E-state index >= 15 is 0 Å². The van der Waals surface area contributed by atoms with Crippen LogP contribution in [0.4, 0.5) is 0 Å². The monoisotopic (exact) mass is 342 g/mol. The van der Waals surface area contributed by atoms with Crippen LogP contribution >= 0.6 is 11.3 Å². The van der Waals surface area contributed by atoms with Crippen molar-refractivity contribution in [1.82, 2.24) is 10.2 Å². The molecule has 1 amide bonds. The first-order valence-corrected chi connectivity index (χ1v) is 9.07. The van der Waals surface area contributed by atoms with E-state index in [0.29, 0.717) is 6.54 Å². The van der Waals surface area contributed by atoms with Crippen molar-refractivity contribution < 1.29 is 9.53 Å². The maximum atomic E-state index is 12.1. The summed E-state index contributed by atoms with van der Waals surface area (Å²) in [4.78, 5) is 15.8. The normalized spacial score (nSPS) is 17.0. The molecule has 2 aromatic rings. The molecular formula is C19H22N2O2S. The lowest BCUT2D eigenvalue weighted by atomic mass is 10.2. The predicted molar refractivity (Wildman–Crippen MR) is 97.9 cm³/mol. The maximum absolute atomic E-state index is 12.1. The minimum absolute atomic E-state index is 0.0614. The summed E-state index contributed by atoms with van der Waals surface area (Å²) < 4.78 is 5.44. The van der Waals surface area contributed by atoms with Gasteiger partial charge in [0.15, 0.2) is 0 Å². The van der Waals surface area contributed by atoms with Gasteiger partial charge in [0.05, 0.1) is 19.3 Å². The number of rotatable bonds is 6. The van der Waals surface area contributed by atoms with Gasteiger partial charge in [0.2, 0.25) is 5.91 Å². The van der Waals surface area contributed by atoms with Gasteiger partial charge in [-0.2, -0.15) is 0 Å². The Kier molecular flexibility index (Phi) is 6.18. The van der Waals surface area contributed by atoms with Gasteiger partial charge in [-0.15, -0.1) is 11.3 Å². The number of nitrogens with zero attached hydrogens (tertiary/aromatic N) is 1. The van der Waals surface area contributed by atoms with E-state index in [0.717, 1.165) is 31.9 Å². The lowest BCUT2D eigenvalue weighted by Gasteiger charge is -2.34. The molecule has 0 bridgehead atoms. The maximum Gasteiger partial charge on any atom is 0.244 e.